The number of carbonyl (C=O) groups is 1. The summed E-state index contributed by atoms with van der Waals surface area (Å²) in [5.74, 6) is -0.140. The van der Waals surface area contributed by atoms with Crippen LogP contribution >= 0.6 is 0 Å². The smallest absolute Gasteiger partial charge is 0.271 e. The normalized spacial score (nSPS) is 10.9. The number of fused-ring (bicyclic) bond motifs is 1. The molecule has 21 heavy (non-hydrogen) atoms. The summed E-state index contributed by atoms with van der Waals surface area (Å²) in [6.45, 7) is 3.37. The number of hydrogen-bond acceptors (Lipinski definition) is 3. The zero-order valence-corrected chi connectivity index (χ0v) is 11.9. The van der Waals surface area contributed by atoms with Gasteiger partial charge in [-0.3, -0.25) is 9.48 Å². The van der Waals surface area contributed by atoms with Crippen LogP contribution in [0.3, 0.4) is 0 Å². The first kappa shape index (κ1) is 13.4. The number of imidazole rings is 1. The highest BCUT2D eigenvalue weighted by Crippen LogP contribution is 2.09. The predicted molar refractivity (Wildman–Crippen MR) is 79.1 cm³/mol. The Balaban J connectivity index is 1.58. The molecule has 0 atom stereocenters. The third kappa shape index (κ3) is 2.94. The van der Waals surface area contributed by atoms with Crippen LogP contribution in [-0.4, -0.2) is 31.6 Å². The monoisotopic (exact) mass is 283 g/mol. The summed E-state index contributed by atoms with van der Waals surface area (Å²) in [4.78, 5) is 16.5. The number of nitrogens with zero attached hydrogens (tertiary/aromatic N) is 4. The van der Waals surface area contributed by atoms with Crippen LogP contribution in [0.5, 0.6) is 0 Å². The summed E-state index contributed by atoms with van der Waals surface area (Å²) in [5, 5.41) is 7.00. The Bertz CT molecular complexity index is 745. The van der Waals surface area contributed by atoms with Crippen molar-refractivity contribution >= 4 is 11.6 Å². The summed E-state index contributed by atoms with van der Waals surface area (Å²) in [5.41, 5.74) is 2.32. The molecule has 3 aromatic heterocycles. The molecule has 1 amide bonds. The SMILES string of the molecule is Cc1cccn2cc(C(=O)NCCCn3cccn3)nc12. The highest BCUT2D eigenvalue weighted by molar-refractivity contribution is 5.92. The Morgan fingerprint density at radius 2 is 2.24 bits per heavy atom. The van der Waals surface area contributed by atoms with Crippen LogP contribution in [0, 0.1) is 6.92 Å². The molecule has 0 spiro atoms. The molecule has 1 N–H and O–H groups in total. The molecular weight excluding hydrogens is 266 g/mol. The van der Waals surface area contributed by atoms with E-state index in [-0.39, 0.29) is 5.91 Å². The first-order chi connectivity index (χ1) is 10.2. The van der Waals surface area contributed by atoms with E-state index in [0.717, 1.165) is 24.2 Å². The number of aryl methyl sites for hydroxylation is 2. The molecule has 0 fully saturated rings. The zero-order chi connectivity index (χ0) is 14.7. The summed E-state index contributed by atoms with van der Waals surface area (Å²) in [6.07, 6.45) is 8.14. The third-order valence-corrected chi connectivity index (χ3v) is 3.32. The second-order valence-corrected chi connectivity index (χ2v) is 4.93. The van der Waals surface area contributed by atoms with Crippen molar-refractivity contribution in [3.8, 4) is 0 Å². The first-order valence-electron chi connectivity index (χ1n) is 6.94. The van der Waals surface area contributed by atoms with Gasteiger partial charge < -0.3 is 9.72 Å². The molecule has 108 valence electrons. The van der Waals surface area contributed by atoms with E-state index in [9.17, 15) is 4.79 Å². The van der Waals surface area contributed by atoms with Gasteiger partial charge in [-0.25, -0.2) is 4.98 Å². The number of aromatic nitrogens is 4. The molecule has 0 aliphatic rings. The quantitative estimate of drug-likeness (QED) is 0.724. The number of hydrogen-bond donors (Lipinski definition) is 1. The van der Waals surface area contributed by atoms with Crippen LogP contribution in [0.2, 0.25) is 0 Å². The van der Waals surface area contributed by atoms with Gasteiger partial charge in [0.2, 0.25) is 0 Å². The Morgan fingerprint density at radius 1 is 1.33 bits per heavy atom. The predicted octanol–water partition coefficient (Wildman–Crippen LogP) is 1.66. The van der Waals surface area contributed by atoms with Gasteiger partial charge in [0.15, 0.2) is 0 Å². The molecule has 3 heterocycles. The Morgan fingerprint density at radius 3 is 3.00 bits per heavy atom. The molecule has 0 aliphatic heterocycles. The highest BCUT2D eigenvalue weighted by atomic mass is 16.1. The van der Waals surface area contributed by atoms with Crippen LogP contribution in [0.25, 0.3) is 5.65 Å². The minimum Gasteiger partial charge on any atom is -0.351 e. The van der Waals surface area contributed by atoms with Gasteiger partial charge in [-0.1, -0.05) is 6.07 Å². The fraction of sp³-hybridized carbons (Fsp3) is 0.267. The zero-order valence-electron chi connectivity index (χ0n) is 11.9. The van der Waals surface area contributed by atoms with Crippen molar-refractivity contribution < 1.29 is 4.79 Å². The van der Waals surface area contributed by atoms with Crippen molar-refractivity contribution in [1.82, 2.24) is 24.5 Å². The summed E-state index contributed by atoms with van der Waals surface area (Å²) in [6, 6.07) is 5.81. The van der Waals surface area contributed by atoms with Crippen molar-refractivity contribution in [2.24, 2.45) is 0 Å². The summed E-state index contributed by atoms with van der Waals surface area (Å²) >= 11 is 0. The van der Waals surface area contributed by atoms with Crippen molar-refractivity contribution in [2.75, 3.05) is 6.54 Å². The van der Waals surface area contributed by atoms with Crippen LogP contribution in [-0.2, 0) is 6.54 Å². The second kappa shape index (κ2) is 5.78. The van der Waals surface area contributed by atoms with E-state index in [2.05, 4.69) is 15.4 Å². The van der Waals surface area contributed by atoms with Crippen LogP contribution in [0.15, 0.2) is 43.0 Å². The molecule has 0 unspecified atom stereocenters. The molecule has 0 aliphatic carbocycles. The van der Waals surface area contributed by atoms with E-state index in [1.807, 2.05) is 46.6 Å². The minimum atomic E-state index is -0.140. The molecule has 6 heteroatoms. The topological polar surface area (TPSA) is 64.2 Å². The maximum Gasteiger partial charge on any atom is 0.271 e. The molecule has 0 radical (unpaired) electrons. The molecule has 3 aromatic rings. The fourth-order valence-electron chi connectivity index (χ4n) is 2.23. The average molecular weight is 283 g/mol. The van der Waals surface area contributed by atoms with E-state index < -0.39 is 0 Å². The van der Waals surface area contributed by atoms with E-state index >= 15 is 0 Å². The molecule has 3 rings (SSSR count). The third-order valence-electron chi connectivity index (χ3n) is 3.32. The number of pyridine rings is 1. The maximum atomic E-state index is 12.1. The molecule has 0 saturated heterocycles. The number of amides is 1. The van der Waals surface area contributed by atoms with Gasteiger partial charge in [0, 0.05) is 37.9 Å². The van der Waals surface area contributed by atoms with Gasteiger partial charge in [0.05, 0.1) is 0 Å². The molecule has 0 aromatic carbocycles. The van der Waals surface area contributed by atoms with Crippen LogP contribution < -0.4 is 5.32 Å². The molecule has 0 bridgehead atoms. The summed E-state index contributed by atoms with van der Waals surface area (Å²) in [7, 11) is 0. The fourth-order valence-corrected chi connectivity index (χ4v) is 2.23. The Hall–Kier alpha value is -2.63. The molecular formula is C15H17N5O. The van der Waals surface area contributed by atoms with Gasteiger partial charge in [-0.05, 0) is 31.0 Å². The lowest BCUT2D eigenvalue weighted by atomic mass is 10.3. The Labute approximate surface area is 122 Å². The number of carbonyl (C=O) groups excluding carboxylic acids is 1. The second-order valence-electron chi connectivity index (χ2n) is 4.93. The lowest BCUT2D eigenvalue weighted by Crippen LogP contribution is -2.25. The van der Waals surface area contributed by atoms with Crippen molar-refractivity contribution in [2.45, 2.75) is 19.9 Å². The largest absolute Gasteiger partial charge is 0.351 e. The van der Waals surface area contributed by atoms with E-state index in [1.165, 1.54) is 0 Å². The van der Waals surface area contributed by atoms with Crippen molar-refractivity contribution in [1.29, 1.82) is 0 Å². The van der Waals surface area contributed by atoms with Crippen LogP contribution in [0.4, 0.5) is 0 Å². The minimum absolute atomic E-state index is 0.140. The van der Waals surface area contributed by atoms with Crippen molar-refractivity contribution in [3.05, 3.63) is 54.2 Å². The van der Waals surface area contributed by atoms with E-state index in [1.54, 1.807) is 12.4 Å². The van der Waals surface area contributed by atoms with Crippen molar-refractivity contribution in [3.63, 3.8) is 0 Å². The standard InChI is InChI=1S/C15H17N5O/c1-12-5-2-8-19-11-13(18-14(12)19)15(21)16-6-3-9-20-10-4-7-17-20/h2,4-5,7-8,10-11H,3,6,9H2,1H3,(H,16,21). The van der Waals surface area contributed by atoms with Gasteiger partial charge in [-0.15, -0.1) is 0 Å². The van der Waals surface area contributed by atoms with Gasteiger partial charge in [-0.2, -0.15) is 5.10 Å². The maximum absolute atomic E-state index is 12.1. The lowest BCUT2D eigenvalue weighted by molar-refractivity contribution is 0.0948. The molecule has 0 saturated carbocycles. The van der Waals surface area contributed by atoms with Gasteiger partial charge in [0.25, 0.3) is 5.91 Å². The lowest BCUT2D eigenvalue weighted by Gasteiger charge is -2.03. The molecule has 6 nitrogen and oxygen atoms in total. The van der Waals surface area contributed by atoms with Gasteiger partial charge >= 0.3 is 0 Å². The first-order valence-corrected chi connectivity index (χ1v) is 6.94. The highest BCUT2D eigenvalue weighted by Gasteiger charge is 2.10. The summed E-state index contributed by atoms with van der Waals surface area (Å²) < 4.78 is 3.72. The number of nitrogens with one attached hydrogen (secondary N) is 1. The number of rotatable bonds is 5. The van der Waals surface area contributed by atoms with E-state index in [0.29, 0.717) is 12.2 Å². The Kier molecular flexibility index (Phi) is 3.68. The average Bonchev–Trinajstić information content (AvgIpc) is 3.13. The van der Waals surface area contributed by atoms with Crippen LogP contribution in [0.1, 0.15) is 22.5 Å². The van der Waals surface area contributed by atoms with Gasteiger partial charge in [0.1, 0.15) is 11.3 Å². The van der Waals surface area contributed by atoms with E-state index in [4.69, 9.17) is 0 Å².